The molecular weight excluding hydrogens is 234 g/mol. The van der Waals surface area contributed by atoms with E-state index in [1.165, 1.54) is 90.6 Å². The van der Waals surface area contributed by atoms with Gasteiger partial charge < -0.3 is 10.2 Å². The van der Waals surface area contributed by atoms with Gasteiger partial charge in [0.15, 0.2) is 0 Å². The number of hydrogen-bond donors (Lipinski definition) is 1. The Morgan fingerprint density at radius 2 is 1.79 bits per heavy atom. The highest BCUT2D eigenvalue weighted by Gasteiger charge is 2.28. The van der Waals surface area contributed by atoms with E-state index in [0.717, 1.165) is 12.1 Å². The Morgan fingerprint density at radius 3 is 2.58 bits per heavy atom. The van der Waals surface area contributed by atoms with E-state index in [-0.39, 0.29) is 0 Å². The van der Waals surface area contributed by atoms with E-state index in [1.807, 2.05) is 0 Å². The molecule has 0 aliphatic carbocycles. The first-order valence-electron chi connectivity index (χ1n) is 8.61. The summed E-state index contributed by atoms with van der Waals surface area (Å²) in [5.74, 6) is 0. The predicted octanol–water partition coefficient (Wildman–Crippen LogP) is 2.08. The minimum Gasteiger partial charge on any atom is -0.314 e. The Bertz CT molecular complexity index is 257. The average molecular weight is 265 g/mol. The topological polar surface area (TPSA) is 18.5 Å². The maximum atomic E-state index is 3.68. The van der Waals surface area contributed by atoms with E-state index in [1.54, 1.807) is 0 Å². The van der Waals surface area contributed by atoms with Crippen molar-refractivity contribution in [3.8, 4) is 0 Å². The molecule has 2 atom stereocenters. The molecule has 3 aliphatic heterocycles. The van der Waals surface area contributed by atoms with Gasteiger partial charge in [0.2, 0.25) is 0 Å². The molecule has 1 N–H and O–H groups in total. The molecule has 3 heteroatoms. The number of piperidine rings is 2. The van der Waals surface area contributed by atoms with Crippen molar-refractivity contribution < 1.29 is 0 Å². The van der Waals surface area contributed by atoms with E-state index >= 15 is 0 Å². The summed E-state index contributed by atoms with van der Waals surface area (Å²) >= 11 is 0. The molecule has 3 saturated heterocycles. The van der Waals surface area contributed by atoms with Crippen LogP contribution >= 0.6 is 0 Å². The first kappa shape index (κ1) is 13.8. The number of likely N-dealkylation sites (tertiary alicyclic amines) is 2. The minimum absolute atomic E-state index is 0.808. The molecule has 0 radical (unpaired) electrons. The van der Waals surface area contributed by atoms with Crippen molar-refractivity contribution in [1.29, 1.82) is 0 Å². The highest BCUT2D eigenvalue weighted by atomic mass is 15.3. The van der Waals surface area contributed by atoms with Gasteiger partial charge in [-0.1, -0.05) is 12.8 Å². The van der Waals surface area contributed by atoms with Crippen LogP contribution in [0, 0.1) is 0 Å². The van der Waals surface area contributed by atoms with E-state index in [2.05, 4.69) is 15.1 Å². The lowest BCUT2D eigenvalue weighted by molar-refractivity contribution is 0.161. The summed E-state index contributed by atoms with van der Waals surface area (Å²) in [6.45, 7) is 7.98. The summed E-state index contributed by atoms with van der Waals surface area (Å²) in [5, 5.41) is 3.68. The second-order valence-corrected chi connectivity index (χ2v) is 6.78. The number of nitrogens with one attached hydrogen (secondary N) is 1. The molecule has 3 fully saturated rings. The molecule has 3 heterocycles. The van der Waals surface area contributed by atoms with Crippen LogP contribution in [0.3, 0.4) is 0 Å². The van der Waals surface area contributed by atoms with Gasteiger partial charge in [0.05, 0.1) is 0 Å². The van der Waals surface area contributed by atoms with Crippen molar-refractivity contribution >= 4 is 0 Å². The normalized spacial score (nSPS) is 34.7. The highest BCUT2D eigenvalue weighted by molar-refractivity contribution is 4.85. The third kappa shape index (κ3) is 3.93. The third-order valence-corrected chi connectivity index (χ3v) is 5.36. The van der Waals surface area contributed by atoms with E-state index in [9.17, 15) is 0 Å². The number of nitrogens with zero attached hydrogens (tertiary/aromatic N) is 2. The Kier molecular flexibility index (Phi) is 5.14. The largest absolute Gasteiger partial charge is 0.314 e. The summed E-state index contributed by atoms with van der Waals surface area (Å²) in [5.41, 5.74) is 0. The lowest BCUT2D eigenvalue weighted by Gasteiger charge is -2.32. The second-order valence-electron chi connectivity index (χ2n) is 6.78. The van der Waals surface area contributed by atoms with Gasteiger partial charge in [0.1, 0.15) is 0 Å². The Labute approximate surface area is 118 Å². The summed E-state index contributed by atoms with van der Waals surface area (Å²) in [6.07, 6.45) is 11.3. The van der Waals surface area contributed by atoms with Crippen LogP contribution in [0.2, 0.25) is 0 Å². The lowest BCUT2D eigenvalue weighted by atomic mass is 10.0. The van der Waals surface area contributed by atoms with E-state index in [0.29, 0.717) is 0 Å². The van der Waals surface area contributed by atoms with Crippen LogP contribution < -0.4 is 5.32 Å². The molecule has 110 valence electrons. The fourth-order valence-electron chi connectivity index (χ4n) is 4.11. The van der Waals surface area contributed by atoms with Crippen molar-refractivity contribution in [3.63, 3.8) is 0 Å². The van der Waals surface area contributed by atoms with Gasteiger partial charge in [-0.3, -0.25) is 4.90 Å². The van der Waals surface area contributed by atoms with Crippen LogP contribution in [0.1, 0.15) is 51.4 Å². The van der Waals surface area contributed by atoms with E-state index in [4.69, 9.17) is 0 Å². The minimum atomic E-state index is 0.808. The summed E-state index contributed by atoms with van der Waals surface area (Å²) in [4.78, 5) is 5.48. The first-order chi connectivity index (χ1) is 9.42. The molecular formula is C16H31N3. The van der Waals surface area contributed by atoms with Crippen molar-refractivity contribution in [2.24, 2.45) is 0 Å². The van der Waals surface area contributed by atoms with E-state index < -0.39 is 0 Å². The Balaban J connectivity index is 1.36. The summed E-state index contributed by atoms with van der Waals surface area (Å²) in [7, 11) is 0. The predicted molar refractivity (Wildman–Crippen MR) is 80.5 cm³/mol. The maximum Gasteiger partial charge on any atom is 0.0235 e. The van der Waals surface area contributed by atoms with Crippen LogP contribution in [0.4, 0.5) is 0 Å². The van der Waals surface area contributed by atoms with Crippen LogP contribution in [0.5, 0.6) is 0 Å². The van der Waals surface area contributed by atoms with Crippen LogP contribution in [0.25, 0.3) is 0 Å². The van der Waals surface area contributed by atoms with Crippen LogP contribution in [-0.2, 0) is 0 Å². The van der Waals surface area contributed by atoms with Crippen molar-refractivity contribution in [2.45, 2.75) is 63.5 Å². The molecule has 3 aliphatic rings. The highest BCUT2D eigenvalue weighted by Crippen LogP contribution is 2.21. The maximum absolute atomic E-state index is 3.68. The quantitative estimate of drug-likeness (QED) is 0.839. The molecule has 0 spiro atoms. The zero-order chi connectivity index (χ0) is 12.9. The zero-order valence-corrected chi connectivity index (χ0v) is 12.4. The monoisotopic (exact) mass is 265 g/mol. The van der Waals surface area contributed by atoms with Gasteiger partial charge in [-0.05, 0) is 71.2 Å². The van der Waals surface area contributed by atoms with Gasteiger partial charge in [0.25, 0.3) is 0 Å². The third-order valence-electron chi connectivity index (χ3n) is 5.36. The van der Waals surface area contributed by atoms with Gasteiger partial charge in [-0.15, -0.1) is 0 Å². The molecule has 3 rings (SSSR count). The smallest absolute Gasteiger partial charge is 0.0235 e. The molecule has 0 aromatic heterocycles. The van der Waals surface area contributed by atoms with Gasteiger partial charge in [-0.2, -0.15) is 0 Å². The van der Waals surface area contributed by atoms with Gasteiger partial charge in [-0.25, -0.2) is 0 Å². The van der Waals surface area contributed by atoms with Crippen LogP contribution in [-0.4, -0.2) is 61.2 Å². The molecule has 0 saturated carbocycles. The molecule has 0 bridgehead atoms. The Hall–Kier alpha value is -0.120. The molecule has 0 aromatic rings. The molecule has 0 amide bonds. The van der Waals surface area contributed by atoms with Crippen LogP contribution in [0.15, 0.2) is 0 Å². The van der Waals surface area contributed by atoms with Crippen molar-refractivity contribution in [1.82, 2.24) is 15.1 Å². The fraction of sp³-hybridized carbons (Fsp3) is 1.00. The summed E-state index contributed by atoms with van der Waals surface area (Å²) in [6, 6.07) is 1.68. The summed E-state index contributed by atoms with van der Waals surface area (Å²) < 4.78 is 0. The number of rotatable bonds is 4. The van der Waals surface area contributed by atoms with Gasteiger partial charge in [0, 0.05) is 18.6 Å². The average Bonchev–Trinajstić information content (AvgIpc) is 2.96. The Morgan fingerprint density at radius 1 is 0.895 bits per heavy atom. The standard InChI is InChI=1S/C16H31N3/c1-4-10-19(11-5-1)16-8-13-18(14-16)12-7-15-6-2-3-9-17-15/h15-17H,1-14H2. The SMILES string of the molecule is C1CCN(C2CCN(CCC3CCCCN3)C2)CC1. The molecule has 2 unspecified atom stereocenters. The second kappa shape index (κ2) is 7.05. The fourth-order valence-corrected chi connectivity index (χ4v) is 4.11. The zero-order valence-electron chi connectivity index (χ0n) is 12.4. The molecule has 0 aromatic carbocycles. The number of hydrogen-bond acceptors (Lipinski definition) is 3. The lowest BCUT2D eigenvalue weighted by Crippen LogP contribution is -2.41. The first-order valence-corrected chi connectivity index (χ1v) is 8.61. The van der Waals surface area contributed by atoms with Gasteiger partial charge >= 0.3 is 0 Å². The van der Waals surface area contributed by atoms with Crippen molar-refractivity contribution in [3.05, 3.63) is 0 Å². The molecule has 19 heavy (non-hydrogen) atoms. The molecule has 3 nitrogen and oxygen atoms in total. The van der Waals surface area contributed by atoms with Crippen molar-refractivity contribution in [2.75, 3.05) is 39.3 Å².